The van der Waals surface area contributed by atoms with Crippen molar-refractivity contribution in [1.29, 1.82) is 5.26 Å². The van der Waals surface area contributed by atoms with Crippen molar-refractivity contribution in [2.24, 2.45) is 5.92 Å². The van der Waals surface area contributed by atoms with Crippen molar-refractivity contribution < 1.29 is 14.3 Å². The standard InChI is InChI=1S/C44H49ClN12O4/c1-2-30-20-38-39(52-42(30)58)19-29(24-47-38)27-55-15-17-56(18-16-55)32-5-8-36(48-25-32)43(59)50-23-28-11-13-57(14-12-28)41-10-9-37(53-54-41)44(60)51-31-3-6-33(7-4-31)61-34-21-35(45)40(22-46)49-26-34/h5,8-10,19-21,24-26,28,31,33H,2-4,6-7,11-18,23,27H2,1H3,(H,50,59)(H,51,60)(H,52,58). The molecule has 0 radical (unpaired) electrons. The van der Waals surface area contributed by atoms with Gasteiger partial charge in [-0.3, -0.25) is 24.3 Å². The van der Waals surface area contributed by atoms with Gasteiger partial charge in [-0.2, -0.15) is 5.26 Å². The predicted molar refractivity (Wildman–Crippen MR) is 231 cm³/mol. The number of H-pyrrole nitrogens is 1. The molecule has 2 saturated heterocycles. The normalized spacial score (nSPS) is 18.7. The molecule has 7 heterocycles. The fourth-order valence-corrected chi connectivity index (χ4v) is 8.50. The van der Waals surface area contributed by atoms with Crippen molar-refractivity contribution in [2.75, 3.05) is 55.6 Å². The number of nitriles is 1. The van der Waals surface area contributed by atoms with Crippen molar-refractivity contribution in [3.05, 3.63) is 105 Å². The fraction of sp³-hybridized carbons (Fsp3) is 0.432. The minimum Gasteiger partial charge on any atom is -0.489 e. The third kappa shape index (κ3) is 10.2. The molecule has 8 rings (SSSR count). The fourth-order valence-electron chi connectivity index (χ4n) is 8.30. The number of halogens is 1. The lowest BCUT2D eigenvalue weighted by Crippen LogP contribution is -2.46. The van der Waals surface area contributed by atoms with Gasteiger partial charge in [0.25, 0.3) is 17.4 Å². The van der Waals surface area contributed by atoms with Crippen LogP contribution in [-0.4, -0.2) is 105 Å². The van der Waals surface area contributed by atoms with E-state index in [1.807, 2.05) is 43.5 Å². The summed E-state index contributed by atoms with van der Waals surface area (Å²) in [7, 11) is 0. The summed E-state index contributed by atoms with van der Waals surface area (Å²) in [6.45, 7) is 8.27. The lowest BCUT2D eigenvalue weighted by Gasteiger charge is -2.36. The van der Waals surface area contributed by atoms with Gasteiger partial charge in [0.2, 0.25) is 0 Å². The zero-order valence-corrected chi connectivity index (χ0v) is 34.9. The highest BCUT2D eigenvalue weighted by Crippen LogP contribution is 2.27. The number of carbonyl (C=O) groups is 2. The van der Waals surface area contributed by atoms with E-state index in [4.69, 9.17) is 21.6 Å². The molecule has 5 aromatic heterocycles. The van der Waals surface area contributed by atoms with E-state index >= 15 is 0 Å². The van der Waals surface area contributed by atoms with E-state index in [9.17, 15) is 14.4 Å². The number of nitrogens with one attached hydrogen (secondary N) is 3. The second kappa shape index (κ2) is 19.0. The van der Waals surface area contributed by atoms with Crippen molar-refractivity contribution in [2.45, 2.75) is 70.6 Å². The number of hydrogen-bond acceptors (Lipinski definition) is 13. The summed E-state index contributed by atoms with van der Waals surface area (Å²) in [5.41, 5.74) is 5.17. The first-order valence-corrected chi connectivity index (χ1v) is 21.4. The van der Waals surface area contributed by atoms with E-state index in [1.54, 1.807) is 24.4 Å². The molecular weight excluding hydrogens is 796 g/mol. The highest BCUT2D eigenvalue weighted by Gasteiger charge is 2.26. The number of hydrogen-bond donors (Lipinski definition) is 3. The van der Waals surface area contributed by atoms with Crippen LogP contribution in [0.1, 0.15) is 83.2 Å². The van der Waals surface area contributed by atoms with Gasteiger partial charge >= 0.3 is 0 Å². The molecular formula is C44H49ClN12O4. The van der Waals surface area contributed by atoms with Gasteiger partial charge in [-0.15, -0.1) is 10.2 Å². The first-order chi connectivity index (χ1) is 29.7. The second-order valence-electron chi connectivity index (χ2n) is 16.0. The lowest BCUT2D eigenvalue weighted by atomic mass is 9.93. The number of amides is 2. The highest BCUT2D eigenvalue weighted by molar-refractivity contribution is 6.31. The zero-order chi connectivity index (χ0) is 42.3. The van der Waals surface area contributed by atoms with Crippen LogP contribution in [0.3, 0.4) is 0 Å². The Morgan fingerprint density at radius 3 is 2.34 bits per heavy atom. The van der Waals surface area contributed by atoms with Crippen molar-refractivity contribution in [3.8, 4) is 11.8 Å². The third-order valence-corrected chi connectivity index (χ3v) is 12.2. The minimum atomic E-state index is -0.248. The minimum absolute atomic E-state index is 0.0101. The van der Waals surface area contributed by atoms with Crippen LogP contribution in [-0.2, 0) is 13.0 Å². The summed E-state index contributed by atoms with van der Waals surface area (Å²) in [5, 5.41) is 24.1. The Kier molecular flexibility index (Phi) is 13.0. The van der Waals surface area contributed by atoms with Crippen LogP contribution < -0.4 is 30.7 Å². The van der Waals surface area contributed by atoms with Gasteiger partial charge in [0.05, 0.1) is 40.2 Å². The van der Waals surface area contributed by atoms with Gasteiger partial charge in [0.15, 0.2) is 17.2 Å². The Morgan fingerprint density at radius 2 is 1.66 bits per heavy atom. The first kappa shape index (κ1) is 41.5. The van der Waals surface area contributed by atoms with Crippen molar-refractivity contribution >= 4 is 46.0 Å². The van der Waals surface area contributed by atoms with Crippen LogP contribution in [0.2, 0.25) is 5.02 Å². The summed E-state index contributed by atoms with van der Waals surface area (Å²) >= 11 is 6.08. The molecule has 17 heteroatoms. The van der Waals surface area contributed by atoms with E-state index in [-0.39, 0.29) is 45.9 Å². The number of anilines is 2. The first-order valence-electron chi connectivity index (χ1n) is 21.1. The lowest BCUT2D eigenvalue weighted by molar-refractivity contribution is 0.0886. The number of piperidine rings is 1. The molecule has 0 bridgehead atoms. The topological polar surface area (TPSA) is 198 Å². The van der Waals surface area contributed by atoms with E-state index in [1.165, 1.54) is 6.20 Å². The van der Waals surface area contributed by atoms with Gasteiger partial charge in [-0.25, -0.2) is 9.97 Å². The molecule has 0 atom stereocenters. The van der Waals surface area contributed by atoms with Crippen LogP contribution in [0.15, 0.2) is 65.8 Å². The number of aromatic nitrogens is 6. The monoisotopic (exact) mass is 844 g/mol. The molecule has 61 heavy (non-hydrogen) atoms. The Labute approximate surface area is 358 Å². The third-order valence-electron chi connectivity index (χ3n) is 11.9. The Balaban J connectivity index is 0.722. The number of fused-ring (bicyclic) bond motifs is 1. The predicted octanol–water partition coefficient (Wildman–Crippen LogP) is 4.68. The zero-order valence-electron chi connectivity index (χ0n) is 34.1. The molecule has 2 amide bonds. The van der Waals surface area contributed by atoms with Crippen LogP contribution in [0.5, 0.6) is 5.75 Å². The van der Waals surface area contributed by atoms with Crippen LogP contribution in [0, 0.1) is 17.2 Å². The number of aromatic amines is 1. The summed E-state index contributed by atoms with van der Waals surface area (Å²) in [5.74, 6) is 1.16. The molecule has 3 aliphatic rings. The molecule has 1 aliphatic carbocycles. The summed E-state index contributed by atoms with van der Waals surface area (Å²) in [4.78, 5) is 61.2. The maximum absolute atomic E-state index is 13.0. The maximum atomic E-state index is 13.0. The number of nitrogens with zero attached hydrogens (tertiary/aromatic N) is 9. The van der Waals surface area contributed by atoms with E-state index < -0.39 is 0 Å². The number of pyridine rings is 4. The number of aryl methyl sites for hydroxylation is 1. The molecule has 0 unspecified atom stereocenters. The Morgan fingerprint density at radius 1 is 0.869 bits per heavy atom. The molecule has 316 valence electrons. The number of ether oxygens (including phenoxy) is 1. The summed E-state index contributed by atoms with van der Waals surface area (Å²) < 4.78 is 6.01. The van der Waals surface area contributed by atoms with Gasteiger partial charge in [-0.05, 0) is 92.8 Å². The molecule has 0 spiro atoms. The smallest absolute Gasteiger partial charge is 0.272 e. The van der Waals surface area contributed by atoms with Crippen molar-refractivity contribution in [1.82, 2.24) is 45.7 Å². The highest BCUT2D eigenvalue weighted by atomic mass is 35.5. The second-order valence-corrected chi connectivity index (χ2v) is 16.4. The van der Waals surface area contributed by atoms with Crippen LogP contribution >= 0.6 is 11.6 Å². The number of rotatable bonds is 12. The molecule has 16 nitrogen and oxygen atoms in total. The number of piperazine rings is 1. The van der Waals surface area contributed by atoms with E-state index in [0.29, 0.717) is 30.3 Å². The van der Waals surface area contributed by atoms with Gasteiger partial charge in [-0.1, -0.05) is 18.5 Å². The number of carbonyl (C=O) groups excluding carboxylic acids is 2. The largest absolute Gasteiger partial charge is 0.489 e. The maximum Gasteiger partial charge on any atom is 0.272 e. The quantitative estimate of drug-likeness (QED) is 0.157. The van der Waals surface area contributed by atoms with E-state index in [2.05, 4.69) is 55.5 Å². The Bertz CT molecular complexity index is 2440. The average Bonchev–Trinajstić information content (AvgIpc) is 3.29. The van der Waals surface area contributed by atoms with Crippen LogP contribution in [0.25, 0.3) is 11.0 Å². The Hall–Kier alpha value is -6.18. The van der Waals surface area contributed by atoms with Gasteiger partial charge < -0.3 is 30.2 Å². The molecule has 5 aromatic rings. The molecule has 1 saturated carbocycles. The summed E-state index contributed by atoms with van der Waals surface area (Å²) in [6, 6.07) is 14.8. The molecule has 2 aliphatic heterocycles. The molecule has 0 aromatic carbocycles. The molecule has 3 fully saturated rings. The average molecular weight is 845 g/mol. The SMILES string of the molecule is CCc1cc2ncc(CN3CCN(c4ccc(C(=O)NCC5CCN(c6ccc(C(=O)NC7CCC(Oc8cnc(C#N)c(Cl)c8)CC7)nn6)CC5)nc4)CC3)cc2[nH]c1=O. The van der Waals surface area contributed by atoms with E-state index in [0.717, 1.165) is 118 Å². The van der Waals surface area contributed by atoms with Gasteiger partial charge in [0.1, 0.15) is 17.5 Å². The summed E-state index contributed by atoms with van der Waals surface area (Å²) in [6.07, 6.45) is 10.7. The van der Waals surface area contributed by atoms with Gasteiger partial charge in [0, 0.05) is 76.2 Å². The van der Waals surface area contributed by atoms with Crippen molar-refractivity contribution in [3.63, 3.8) is 0 Å². The van der Waals surface area contributed by atoms with Crippen LogP contribution in [0.4, 0.5) is 11.5 Å². The molecule has 3 N–H and O–H groups in total.